The van der Waals surface area contributed by atoms with E-state index in [-0.39, 0.29) is 56.3 Å². The normalized spacial score (nSPS) is 11.7. The van der Waals surface area contributed by atoms with Crippen LogP contribution in [0.3, 0.4) is 0 Å². The van der Waals surface area contributed by atoms with Crippen LogP contribution in [0.4, 0.5) is 0 Å². The van der Waals surface area contributed by atoms with Gasteiger partial charge in [-0.2, -0.15) is 0 Å². The largest absolute Gasteiger partial charge is 1.00 e. The topological polar surface area (TPSA) is 57.2 Å². The van der Waals surface area contributed by atoms with E-state index in [0.717, 1.165) is 36.5 Å². The molecule has 0 aliphatic rings. The summed E-state index contributed by atoms with van der Waals surface area (Å²) in [7, 11) is -4.49. The third-order valence-corrected chi connectivity index (χ3v) is 9.94. The smallest absolute Gasteiger partial charge is 0.744 e. The Morgan fingerprint density at radius 1 is 0.512 bits per heavy atom. The Balaban J connectivity index is 0.00000924. The molecule has 0 unspecified atom stereocenters. The predicted molar refractivity (Wildman–Crippen MR) is 181 cm³/mol. The first-order chi connectivity index (χ1) is 20.5. The fourth-order valence-corrected chi connectivity index (χ4v) is 7.13. The predicted octanol–water partition coefficient (Wildman–Crippen LogP) is 9.24. The van der Waals surface area contributed by atoms with E-state index in [0.29, 0.717) is 12.0 Å². The van der Waals surface area contributed by atoms with Crippen molar-refractivity contribution in [3.05, 3.63) is 41.5 Å². The number of fused-ring (bicyclic) bond motifs is 1. The first-order valence-corrected chi connectivity index (χ1v) is 19.4. The molecule has 3 nitrogen and oxygen atoms in total. The molecule has 5 heteroatoms. The van der Waals surface area contributed by atoms with Gasteiger partial charge < -0.3 is 4.55 Å². The van der Waals surface area contributed by atoms with Gasteiger partial charge >= 0.3 is 51.4 Å². The van der Waals surface area contributed by atoms with E-state index in [2.05, 4.69) is 19.9 Å². The van der Waals surface area contributed by atoms with Gasteiger partial charge in [0.25, 0.3) is 0 Å². The van der Waals surface area contributed by atoms with Gasteiger partial charge in [0, 0.05) is 0 Å². The molecule has 0 saturated heterocycles. The molecule has 0 aromatic heterocycles. The van der Waals surface area contributed by atoms with Crippen molar-refractivity contribution in [2.24, 2.45) is 0 Å². The fraction of sp³-hybridized carbons (Fsp3) is 0.737. The van der Waals surface area contributed by atoms with Gasteiger partial charge in [0.15, 0.2) is 0 Å². The first kappa shape index (κ1) is 41.3. The Morgan fingerprint density at radius 3 is 1.28 bits per heavy atom. The number of hydrogen-bond donors (Lipinski definition) is 0. The molecule has 2 aromatic rings. The Hall–Kier alpha value is 0.246. The molecule has 0 fully saturated rings. The van der Waals surface area contributed by atoms with Crippen LogP contribution in [0, 0.1) is 0 Å². The van der Waals surface area contributed by atoms with Crippen LogP contribution in [0.25, 0.3) is 10.8 Å². The van der Waals surface area contributed by atoms with Crippen LogP contribution in [-0.4, -0.2) is 13.0 Å². The van der Waals surface area contributed by atoms with Crippen molar-refractivity contribution in [3.8, 4) is 0 Å². The molecule has 2 aromatic carbocycles. The number of unbranched alkanes of at least 4 members (excludes halogenated alkanes) is 22. The summed E-state index contributed by atoms with van der Waals surface area (Å²) in [5, 5.41) is 2.00. The SMILES string of the molecule is CCCCCCCCCCCCCCc1cc2c(CCCCCCCCCCCCCC)cccc2cc1S(=O)(=O)[O-].[K+]. The van der Waals surface area contributed by atoms with Crippen LogP contribution < -0.4 is 51.4 Å². The van der Waals surface area contributed by atoms with Crippen LogP contribution in [0.1, 0.15) is 179 Å². The second kappa shape index (κ2) is 26.3. The molecule has 0 aliphatic carbocycles. The van der Waals surface area contributed by atoms with Crippen LogP contribution >= 0.6 is 0 Å². The molecule has 0 radical (unpaired) electrons. The van der Waals surface area contributed by atoms with E-state index >= 15 is 0 Å². The van der Waals surface area contributed by atoms with Gasteiger partial charge in [-0.15, -0.1) is 0 Å². The summed E-state index contributed by atoms with van der Waals surface area (Å²) < 4.78 is 36.4. The standard InChI is InChI=1S/C38H64O3S.K/c1-3-5-7-9-11-13-15-17-19-21-23-25-28-34-30-27-31-35-33-38(42(39,40)41)36(32-37(34)35)29-26-24-22-20-18-16-14-12-10-8-6-4-2;/h27,30-33H,3-26,28-29H2,1-2H3,(H,39,40,41);/q;+1/p-1. The van der Waals surface area contributed by atoms with E-state index in [4.69, 9.17) is 0 Å². The summed E-state index contributed by atoms with van der Waals surface area (Å²) in [6.07, 6.45) is 33.0. The molecule has 0 spiro atoms. The fourth-order valence-electron chi connectivity index (χ4n) is 6.37. The van der Waals surface area contributed by atoms with Gasteiger partial charge in [-0.3, -0.25) is 0 Å². The minimum Gasteiger partial charge on any atom is -0.744 e. The minimum atomic E-state index is -4.49. The van der Waals surface area contributed by atoms with Crippen molar-refractivity contribution in [2.45, 2.75) is 186 Å². The zero-order valence-electron chi connectivity index (χ0n) is 28.4. The quantitative estimate of drug-likeness (QED) is 0.0557. The zero-order chi connectivity index (χ0) is 30.3. The molecular weight excluding hydrogens is 576 g/mol. The number of hydrogen-bond acceptors (Lipinski definition) is 3. The third-order valence-electron chi connectivity index (χ3n) is 9.02. The number of rotatable bonds is 27. The molecule has 0 aliphatic heterocycles. The maximum Gasteiger partial charge on any atom is 1.00 e. The van der Waals surface area contributed by atoms with Crippen molar-refractivity contribution in [1.82, 2.24) is 0 Å². The van der Waals surface area contributed by atoms with Crippen LogP contribution in [-0.2, 0) is 23.0 Å². The first-order valence-electron chi connectivity index (χ1n) is 18.0. The van der Waals surface area contributed by atoms with Gasteiger partial charge in [0.2, 0.25) is 0 Å². The van der Waals surface area contributed by atoms with Gasteiger partial charge in [0.1, 0.15) is 10.1 Å². The van der Waals surface area contributed by atoms with E-state index in [1.807, 2.05) is 18.2 Å². The average Bonchev–Trinajstić information content (AvgIpc) is 2.97. The second-order valence-corrected chi connectivity index (χ2v) is 14.2. The van der Waals surface area contributed by atoms with Crippen LogP contribution in [0.2, 0.25) is 0 Å². The molecule has 2 rings (SSSR count). The van der Waals surface area contributed by atoms with E-state index in [9.17, 15) is 13.0 Å². The molecule has 0 bridgehead atoms. The molecule has 240 valence electrons. The maximum absolute atomic E-state index is 12.1. The Kier molecular flexibility index (Phi) is 25.3. The summed E-state index contributed by atoms with van der Waals surface area (Å²) in [6, 6.07) is 9.79. The Morgan fingerprint density at radius 2 is 0.884 bits per heavy atom. The van der Waals surface area contributed by atoms with Crippen molar-refractivity contribution in [2.75, 3.05) is 0 Å². The Labute approximate surface area is 309 Å². The number of benzene rings is 2. The van der Waals surface area contributed by atoms with Gasteiger partial charge in [-0.1, -0.05) is 173 Å². The molecule has 0 amide bonds. The van der Waals surface area contributed by atoms with Crippen molar-refractivity contribution >= 4 is 20.9 Å². The molecule has 0 N–H and O–H groups in total. The monoisotopic (exact) mass is 638 g/mol. The van der Waals surface area contributed by atoms with Crippen molar-refractivity contribution < 1.29 is 64.4 Å². The summed E-state index contributed by atoms with van der Waals surface area (Å²) in [5.74, 6) is 0. The number of aryl methyl sites for hydroxylation is 2. The second-order valence-electron chi connectivity index (χ2n) is 12.8. The van der Waals surface area contributed by atoms with Gasteiger partial charge in [-0.05, 0) is 59.7 Å². The molecule has 0 heterocycles. The summed E-state index contributed by atoms with van der Waals surface area (Å²) in [6.45, 7) is 4.54. The van der Waals surface area contributed by atoms with Crippen LogP contribution in [0.15, 0.2) is 35.2 Å². The van der Waals surface area contributed by atoms with Gasteiger partial charge in [-0.25, -0.2) is 8.42 Å². The third kappa shape index (κ3) is 18.9. The zero-order valence-corrected chi connectivity index (χ0v) is 32.3. The van der Waals surface area contributed by atoms with Gasteiger partial charge in [0.05, 0.1) is 4.90 Å². The van der Waals surface area contributed by atoms with E-state index in [1.54, 1.807) is 6.07 Å². The minimum absolute atomic E-state index is 0. The molecule has 0 atom stereocenters. The summed E-state index contributed by atoms with van der Waals surface area (Å²) in [4.78, 5) is -0.0133. The summed E-state index contributed by atoms with van der Waals surface area (Å²) in [5.41, 5.74) is 2.00. The van der Waals surface area contributed by atoms with Crippen molar-refractivity contribution in [1.29, 1.82) is 0 Å². The molecule has 43 heavy (non-hydrogen) atoms. The molecule has 0 saturated carbocycles. The van der Waals surface area contributed by atoms with E-state index < -0.39 is 10.1 Å². The van der Waals surface area contributed by atoms with Crippen LogP contribution in [0.5, 0.6) is 0 Å². The summed E-state index contributed by atoms with van der Waals surface area (Å²) >= 11 is 0. The van der Waals surface area contributed by atoms with E-state index in [1.165, 1.54) is 140 Å². The molecular formula is C38H63KO3S. The average molecular weight is 639 g/mol. The van der Waals surface area contributed by atoms with Crippen molar-refractivity contribution in [3.63, 3.8) is 0 Å². The Bertz CT molecular complexity index is 1070. The maximum atomic E-state index is 12.1.